The molecule has 2 amide bonds. The van der Waals surface area contributed by atoms with Gasteiger partial charge in [0.2, 0.25) is 5.91 Å². The second kappa shape index (κ2) is 9.75. The summed E-state index contributed by atoms with van der Waals surface area (Å²) in [5.74, 6) is 1.65. The maximum atomic E-state index is 12.9. The van der Waals surface area contributed by atoms with E-state index in [1.165, 1.54) is 0 Å². The molecule has 0 saturated carbocycles. The zero-order chi connectivity index (χ0) is 20.9. The van der Waals surface area contributed by atoms with E-state index >= 15 is 0 Å². The van der Waals surface area contributed by atoms with Crippen molar-refractivity contribution in [1.29, 1.82) is 0 Å². The first kappa shape index (κ1) is 22.7. The Balaban J connectivity index is 1.90. The Morgan fingerprint density at radius 1 is 1.21 bits per heavy atom. The number of aliphatic imine (C=N–C) groups is 1. The Hall–Kier alpha value is -1.59. The number of carbonyl (C=O) groups is 2. The number of guanidine groups is 1. The number of hydrogen-bond donors (Lipinski definition) is 1. The summed E-state index contributed by atoms with van der Waals surface area (Å²) in [7, 11) is 0. The minimum atomic E-state index is -0.720. The SMILES string of the molecule is CCCC(CCC)C(=O)N1CCC(CN2C(=O)C(C)(CC(C)C)N=C2N)CC1. The van der Waals surface area contributed by atoms with Crippen molar-refractivity contribution in [3.05, 3.63) is 0 Å². The molecule has 0 bridgehead atoms. The molecule has 1 unspecified atom stereocenters. The number of piperidine rings is 1. The summed E-state index contributed by atoms with van der Waals surface area (Å²) in [6.45, 7) is 12.6. The van der Waals surface area contributed by atoms with E-state index in [2.05, 4.69) is 32.7 Å². The van der Waals surface area contributed by atoms with E-state index in [1.807, 2.05) is 11.8 Å². The monoisotopic (exact) mass is 392 g/mol. The van der Waals surface area contributed by atoms with Gasteiger partial charge in [0, 0.05) is 25.6 Å². The first-order chi connectivity index (χ1) is 13.2. The normalized spacial score (nSPS) is 23.8. The average Bonchev–Trinajstić information content (AvgIpc) is 2.84. The van der Waals surface area contributed by atoms with Crippen LogP contribution in [0.2, 0.25) is 0 Å². The fourth-order valence-corrected chi connectivity index (χ4v) is 4.80. The smallest absolute Gasteiger partial charge is 0.257 e. The molecule has 6 nitrogen and oxygen atoms in total. The van der Waals surface area contributed by atoms with Crippen LogP contribution in [0, 0.1) is 17.8 Å². The predicted octanol–water partition coefficient (Wildman–Crippen LogP) is 3.40. The molecule has 0 aromatic rings. The second-order valence-electron chi connectivity index (χ2n) is 9.30. The van der Waals surface area contributed by atoms with Crippen molar-refractivity contribution in [1.82, 2.24) is 9.80 Å². The average molecular weight is 393 g/mol. The fourth-order valence-electron chi connectivity index (χ4n) is 4.80. The standard InChI is InChI=1S/C22H40N4O2/c1-6-8-18(9-7-2)19(27)25-12-10-17(11-13-25)15-26-20(28)22(5,14-16(3)4)24-21(26)23/h16-18H,6-15H2,1-5H3,(H2,23,24). The van der Waals surface area contributed by atoms with E-state index < -0.39 is 5.54 Å². The molecule has 0 radical (unpaired) electrons. The minimum absolute atomic E-state index is 0.0307. The number of carbonyl (C=O) groups excluding carboxylic acids is 2. The highest BCUT2D eigenvalue weighted by molar-refractivity contribution is 6.06. The maximum Gasteiger partial charge on any atom is 0.257 e. The van der Waals surface area contributed by atoms with Crippen LogP contribution in [0.25, 0.3) is 0 Å². The van der Waals surface area contributed by atoms with Crippen LogP contribution in [0.15, 0.2) is 4.99 Å². The molecule has 2 aliphatic rings. The van der Waals surface area contributed by atoms with Crippen molar-refractivity contribution in [3.8, 4) is 0 Å². The summed E-state index contributed by atoms with van der Waals surface area (Å²) in [5, 5.41) is 0. The molecule has 28 heavy (non-hydrogen) atoms. The highest BCUT2D eigenvalue weighted by Gasteiger charge is 2.44. The number of amides is 2. The summed E-state index contributed by atoms with van der Waals surface area (Å²) in [6, 6.07) is 0. The van der Waals surface area contributed by atoms with Gasteiger partial charge in [0.15, 0.2) is 5.96 Å². The molecule has 1 fully saturated rings. The third kappa shape index (κ3) is 5.26. The van der Waals surface area contributed by atoms with Gasteiger partial charge in [0.25, 0.3) is 5.91 Å². The Morgan fingerprint density at radius 3 is 2.29 bits per heavy atom. The van der Waals surface area contributed by atoms with Crippen molar-refractivity contribution >= 4 is 17.8 Å². The lowest BCUT2D eigenvalue weighted by Crippen LogP contribution is -2.48. The number of likely N-dealkylation sites (tertiary alicyclic amines) is 1. The topological polar surface area (TPSA) is 79.0 Å². The van der Waals surface area contributed by atoms with Crippen LogP contribution < -0.4 is 5.73 Å². The van der Waals surface area contributed by atoms with Gasteiger partial charge in [-0.1, -0.05) is 40.5 Å². The second-order valence-corrected chi connectivity index (χ2v) is 9.30. The molecule has 160 valence electrons. The van der Waals surface area contributed by atoms with Crippen LogP contribution in [-0.4, -0.2) is 52.7 Å². The van der Waals surface area contributed by atoms with E-state index in [0.29, 0.717) is 36.7 Å². The first-order valence-corrected chi connectivity index (χ1v) is 11.2. The van der Waals surface area contributed by atoms with Crippen molar-refractivity contribution in [2.75, 3.05) is 19.6 Å². The molecule has 0 aromatic carbocycles. The van der Waals surface area contributed by atoms with E-state index in [-0.39, 0.29) is 11.8 Å². The maximum absolute atomic E-state index is 12.9. The zero-order valence-corrected chi connectivity index (χ0v) is 18.5. The molecule has 1 atom stereocenters. The highest BCUT2D eigenvalue weighted by Crippen LogP contribution is 2.30. The van der Waals surface area contributed by atoms with Gasteiger partial charge in [0.05, 0.1) is 0 Å². The minimum Gasteiger partial charge on any atom is -0.369 e. The van der Waals surface area contributed by atoms with Crippen molar-refractivity contribution in [3.63, 3.8) is 0 Å². The van der Waals surface area contributed by atoms with Gasteiger partial charge >= 0.3 is 0 Å². The molecule has 2 N–H and O–H groups in total. The molecule has 2 heterocycles. The molecule has 2 rings (SSSR count). The summed E-state index contributed by atoms with van der Waals surface area (Å²) >= 11 is 0. The summed E-state index contributed by atoms with van der Waals surface area (Å²) in [5.41, 5.74) is 5.39. The zero-order valence-electron chi connectivity index (χ0n) is 18.5. The lowest BCUT2D eigenvalue weighted by Gasteiger charge is -2.36. The fraction of sp³-hybridized carbons (Fsp3) is 0.864. The molecule has 0 spiro atoms. The number of hydrogen-bond acceptors (Lipinski definition) is 4. The van der Waals surface area contributed by atoms with Crippen LogP contribution in [0.5, 0.6) is 0 Å². The first-order valence-electron chi connectivity index (χ1n) is 11.2. The summed E-state index contributed by atoms with van der Waals surface area (Å²) < 4.78 is 0. The summed E-state index contributed by atoms with van der Waals surface area (Å²) in [4.78, 5) is 34.0. The number of nitrogens with two attached hydrogens (primary N) is 1. The third-order valence-corrected chi connectivity index (χ3v) is 6.14. The molecular weight excluding hydrogens is 352 g/mol. The lowest BCUT2D eigenvalue weighted by molar-refractivity contribution is -0.138. The Morgan fingerprint density at radius 2 is 1.79 bits per heavy atom. The van der Waals surface area contributed by atoms with Crippen LogP contribution >= 0.6 is 0 Å². The quantitative estimate of drug-likeness (QED) is 0.653. The lowest BCUT2D eigenvalue weighted by atomic mass is 9.90. The largest absolute Gasteiger partial charge is 0.369 e. The molecule has 0 aliphatic carbocycles. The Kier molecular flexibility index (Phi) is 7.90. The Labute approximate surface area is 170 Å². The molecule has 1 saturated heterocycles. The van der Waals surface area contributed by atoms with Crippen molar-refractivity contribution in [2.24, 2.45) is 28.5 Å². The molecule has 0 aromatic heterocycles. The summed E-state index contributed by atoms with van der Waals surface area (Å²) in [6.07, 6.45) is 6.64. The van der Waals surface area contributed by atoms with Gasteiger partial charge in [-0.05, 0) is 50.9 Å². The highest BCUT2D eigenvalue weighted by atomic mass is 16.2. The van der Waals surface area contributed by atoms with Gasteiger partial charge in [-0.25, -0.2) is 4.99 Å². The van der Waals surface area contributed by atoms with Gasteiger partial charge in [-0.15, -0.1) is 0 Å². The molecule has 6 heteroatoms. The van der Waals surface area contributed by atoms with Crippen LogP contribution in [0.4, 0.5) is 0 Å². The van der Waals surface area contributed by atoms with Crippen LogP contribution in [0.1, 0.15) is 79.6 Å². The van der Waals surface area contributed by atoms with E-state index in [9.17, 15) is 9.59 Å². The van der Waals surface area contributed by atoms with Crippen LogP contribution in [-0.2, 0) is 9.59 Å². The van der Waals surface area contributed by atoms with Gasteiger partial charge in [-0.3, -0.25) is 14.5 Å². The third-order valence-electron chi connectivity index (χ3n) is 6.14. The number of nitrogens with zero attached hydrogens (tertiary/aromatic N) is 3. The Bertz CT molecular complexity index is 575. The van der Waals surface area contributed by atoms with E-state index in [1.54, 1.807) is 4.90 Å². The predicted molar refractivity (Wildman–Crippen MR) is 114 cm³/mol. The number of rotatable bonds is 9. The van der Waals surface area contributed by atoms with Gasteiger partial charge < -0.3 is 10.6 Å². The van der Waals surface area contributed by atoms with Crippen molar-refractivity contribution < 1.29 is 9.59 Å². The van der Waals surface area contributed by atoms with E-state index in [4.69, 9.17) is 5.73 Å². The molecular formula is C22H40N4O2. The van der Waals surface area contributed by atoms with Gasteiger partial charge in [0.1, 0.15) is 5.54 Å². The van der Waals surface area contributed by atoms with Crippen molar-refractivity contribution in [2.45, 2.75) is 85.1 Å². The molecule has 2 aliphatic heterocycles. The van der Waals surface area contributed by atoms with Gasteiger partial charge in [-0.2, -0.15) is 0 Å². The van der Waals surface area contributed by atoms with Crippen LogP contribution in [0.3, 0.4) is 0 Å². The van der Waals surface area contributed by atoms with E-state index in [0.717, 1.165) is 51.6 Å².